The average Bonchev–Trinajstić information content (AvgIpc) is 3.05. The Morgan fingerprint density at radius 2 is 2.32 bits per heavy atom. The smallest absolute Gasteiger partial charge is 0.228 e. The van der Waals surface area contributed by atoms with Gasteiger partial charge in [0.05, 0.1) is 23.1 Å². The Bertz CT molecular complexity index is 538. The van der Waals surface area contributed by atoms with Crippen molar-refractivity contribution in [3.8, 4) is 0 Å². The van der Waals surface area contributed by atoms with Crippen LogP contribution in [0.15, 0.2) is 34.9 Å². The number of halogens is 1. The molecule has 0 saturated carbocycles. The highest BCUT2D eigenvalue weighted by molar-refractivity contribution is 7.16. The van der Waals surface area contributed by atoms with Crippen molar-refractivity contribution < 1.29 is 14.3 Å². The van der Waals surface area contributed by atoms with Crippen molar-refractivity contribution in [2.24, 2.45) is 0 Å². The molecule has 1 amide bonds. The van der Waals surface area contributed by atoms with E-state index in [1.807, 2.05) is 6.07 Å². The lowest BCUT2D eigenvalue weighted by Gasteiger charge is -2.16. The summed E-state index contributed by atoms with van der Waals surface area (Å²) in [6.07, 6.45) is 1.51. The van der Waals surface area contributed by atoms with Crippen LogP contribution in [0.5, 0.6) is 0 Å². The average molecular weight is 300 g/mol. The highest BCUT2D eigenvalue weighted by atomic mass is 35.5. The summed E-state index contributed by atoms with van der Waals surface area (Å²) in [5, 5.41) is 12.1. The standard InChI is InChI=1S/C13H14ClNO3S/c1-8(11-4-5-12(14)19-11)13(17)15-9(7-16)10-3-2-6-18-10/h2-6,8-9,16H,7H2,1H3,(H,15,17). The number of furan rings is 1. The van der Waals surface area contributed by atoms with Crippen LogP contribution in [-0.2, 0) is 4.79 Å². The van der Waals surface area contributed by atoms with E-state index in [0.29, 0.717) is 10.1 Å². The molecule has 2 atom stereocenters. The molecule has 6 heteroatoms. The predicted molar refractivity (Wildman–Crippen MR) is 74.4 cm³/mol. The monoisotopic (exact) mass is 299 g/mol. The maximum Gasteiger partial charge on any atom is 0.228 e. The van der Waals surface area contributed by atoms with Crippen LogP contribution in [0.3, 0.4) is 0 Å². The van der Waals surface area contributed by atoms with E-state index >= 15 is 0 Å². The first-order valence-electron chi connectivity index (χ1n) is 5.81. The Labute approximate surface area is 120 Å². The fourth-order valence-electron chi connectivity index (χ4n) is 1.68. The molecule has 0 spiro atoms. The van der Waals surface area contributed by atoms with Crippen LogP contribution in [0.2, 0.25) is 4.34 Å². The number of carbonyl (C=O) groups excluding carboxylic acids is 1. The van der Waals surface area contributed by atoms with Crippen molar-refractivity contribution >= 4 is 28.8 Å². The molecule has 0 aromatic carbocycles. The molecule has 0 aliphatic heterocycles. The largest absolute Gasteiger partial charge is 0.467 e. The van der Waals surface area contributed by atoms with Crippen LogP contribution in [-0.4, -0.2) is 17.6 Å². The van der Waals surface area contributed by atoms with Gasteiger partial charge in [-0.15, -0.1) is 11.3 Å². The number of aliphatic hydroxyl groups is 1. The third kappa shape index (κ3) is 3.37. The Balaban J connectivity index is 2.03. The Kier molecular flexibility index (Phi) is 4.63. The van der Waals surface area contributed by atoms with Gasteiger partial charge in [0.1, 0.15) is 11.8 Å². The molecule has 0 saturated heterocycles. The van der Waals surface area contributed by atoms with Gasteiger partial charge in [-0.25, -0.2) is 0 Å². The van der Waals surface area contributed by atoms with E-state index in [4.69, 9.17) is 16.0 Å². The summed E-state index contributed by atoms with van der Waals surface area (Å²) in [6.45, 7) is 1.59. The molecule has 2 aromatic rings. The van der Waals surface area contributed by atoms with Gasteiger partial charge in [-0.3, -0.25) is 4.79 Å². The summed E-state index contributed by atoms with van der Waals surface area (Å²) >= 11 is 7.23. The molecule has 0 fully saturated rings. The molecule has 0 aliphatic rings. The normalized spacial score (nSPS) is 14.1. The number of thiophene rings is 1. The van der Waals surface area contributed by atoms with Crippen LogP contribution in [0.4, 0.5) is 0 Å². The molecule has 19 heavy (non-hydrogen) atoms. The fraction of sp³-hybridized carbons (Fsp3) is 0.308. The first-order chi connectivity index (χ1) is 9.11. The topological polar surface area (TPSA) is 62.5 Å². The third-order valence-corrected chi connectivity index (χ3v) is 4.21. The van der Waals surface area contributed by atoms with E-state index < -0.39 is 6.04 Å². The lowest BCUT2D eigenvalue weighted by atomic mass is 10.1. The van der Waals surface area contributed by atoms with Gasteiger partial charge in [-0.1, -0.05) is 11.6 Å². The summed E-state index contributed by atoms with van der Waals surface area (Å²) in [7, 11) is 0. The van der Waals surface area contributed by atoms with Crippen molar-refractivity contribution in [1.29, 1.82) is 0 Å². The van der Waals surface area contributed by atoms with Crippen LogP contribution in [0.25, 0.3) is 0 Å². The van der Waals surface area contributed by atoms with E-state index in [-0.39, 0.29) is 18.4 Å². The number of amides is 1. The zero-order valence-electron chi connectivity index (χ0n) is 10.3. The Morgan fingerprint density at radius 1 is 1.53 bits per heavy atom. The third-order valence-electron chi connectivity index (χ3n) is 2.80. The van der Waals surface area contributed by atoms with Crippen LogP contribution >= 0.6 is 22.9 Å². The fourth-order valence-corrected chi connectivity index (χ4v) is 2.79. The molecule has 2 N–H and O–H groups in total. The first-order valence-corrected chi connectivity index (χ1v) is 7.01. The molecule has 0 bridgehead atoms. The second-order valence-electron chi connectivity index (χ2n) is 4.12. The SMILES string of the molecule is CC(C(=O)NC(CO)c1ccco1)c1ccc(Cl)s1. The summed E-state index contributed by atoms with van der Waals surface area (Å²) in [5.74, 6) is 0.0442. The molecule has 2 unspecified atom stereocenters. The van der Waals surface area contributed by atoms with Crippen molar-refractivity contribution in [2.75, 3.05) is 6.61 Å². The number of nitrogens with one attached hydrogen (secondary N) is 1. The van der Waals surface area contributed by atoms with E-state index in [0.717, 1.165) is 4.88 Å². The summed E-state index contributed by atoms with van der Waals surface area (Å²) in [4.78, 5) is 13.0. The Hall–Kier alpha value is -1.30. The lowest BCUT2D eigenvalue weighted by molar-refractivity contribution is -0.123. The minimum atomic E-state index is -0.527. The second-order valence-corrected chi connectivity index (χ2v) is 5.87. The molecule has 0 aliphatic carbocycles. The number of carbonyl (C=O) groups is 1. The van der Waals surface area contributed by atoms with E-state index in [9.17, 15) is 9.90 Å². The molecular formula is C13H14ClNO3S. The van der Waals surface area contributed by atoms with Gasteiger partial charge in [0.25, 0.3) is 0 Å². The van der Waals surface area contributed by atoms with Crippen molar-refractivity contribution in [3.05, 3.63) is 45.5 Å². The van der Waals surface area contributed by atoms with E-state index in [1.54, 1.807) is 25.1 Å². The number of aliphatic hydroxyl groups excluding tert-OH is 1. The number of hydrogen-bond acceptors (Lipinski definition) is 4. The van der Waals surface area contributed by atoms with Gasteiger partial charge in [0.2, 0.25) is 5.91 Å². The maximum absolute atomic E-state index is 12.1. The predicted octanol–water partition coefficient (Wildman–Crippen LogP) is 2.95. The highest BCUT2D eigenvalue weighted by Gasteiger charge is 2.22. The minimum absolute atomic E-state index is 0.172. The van der Waals surface area contributed by atoms with Crippen molar-refractivity contribution in [2.45, 2.75) is 18.9 Å². The summed E-state index contributed by atoms with van der Waals surface area (Å²) < 4.78 is 5.84. The molecule has 102 valence electrons. The zero-order valence-corrected chi connectivity index (χ0v) is 11.9. The molecule has 0 radical (unpaired) electrons. The second kappa shape index (κ2) is 6.23. The van der Waals surface area contributed by atoms with Crippen LogP contribution in [0, 0.1) is 0 Å². The Morgan fingerprint density at radius 3 is 2.84 bits per heavy atom. The number of hydrogen-bond donors (Lipinski definition) is 2. The van der Waals surface area contributed by atoms with E-state index in [2.05, 4.69) is 5.32 Å². The van der Waals surface area contributed by atoms with Gasteiger partial charge in [0.15, 0.2) is 0 Å². The first kappa shape index (κ1) is 14.1. The van der Waals surface area contributed by atoms with Gasteiger partial charge < -0.3 is 14.8 Å². The quantitative estimate of drug-likeness (QED) is 0.892. The van der Waals surface area contributed by atoms with Gasteiger partial charge in [-0.2, -0.15) is 0 Å². The van der Waals surface area contributed by atoms with Gasteiger partial charge >= 0.3 is 0 Å². The minimum Gasteiger partial charge on any atom is -0.467 e. The lowest BCUT2D eigenvalue weighted by Crippen LogP contribution is -2.33. The van der Waals surface area contributed by atoms with Crippen LogP contribution < -0.4 is 5.32 Å². The molecule has 2 aromatic heterocycles. The summed E-state index contributed by atoms with van der Waals surface area (Å²) in [5.41, 5.74) is 0. The van der Waals surface area contributed by atoms with Crippen molar-refractivity contribution in [1.82, 2.24) is 5.32 Å². The van der Waals surface area contributed by atoms with E-state index in [1.165, 1.54) is 17.6 Å². The number of rotatable bonds is 5. The molecular weight excluding hydrogens is 286 g/mol. The van der Waals surface area contributed by atoms with Crippen molar-refractivity contribution in [3.63, 3.8) is 0 Å². The highest BCUT2D eigenvalue weighted by Crippen LogP contribution is 2.28. The molecule has 2 heterocycles. The maximum atomic E-state index is 12.1. The van der Waals surface area contributed by atoms with Crippen LogP contribution in [0.1, 0.15) is 29.5 Å². The zero-order chi connectivity index (χ0) is 13.8. The van der Waals surface area contributed by atoms with Gasteiger partial charge in [0, 0.05) is 4.88 Å². The summed E-state index contributed by atoms with van der Waals surface area (Å²) in [6, 6.07) is 6.50. The molecule has 2 rings (SSSR count). The van der Waals surface area contributed by atoms with Gasteiger partial charge in [-0.05, 0) is 31.2 Å². The molecule has 4 nitrogen and oxygen atoms in total.